The molecule has 2 bridgehead atoms. The Morgan fingerprint density at radius 1 is 1.04 bits per heavy atom. The van der Waals surface area contributed by atoms with Gasteiger partial charge >= 0.3 is 19.2 Å². The number of nitrogens with zero attached hydrogens (tertiary/aromatic N) is 4. The standard InChI is InChI=1S/C36H51BN4O10/c1-33(2,3)48-31(44)29-25(46-24-17-40(18-24)28(43)19-41-16-23(20-42)38-39-41)11-10-21(30(29)47-32(45)49-34(4,5)6)12-13-37-50-27-15-22-14-26(35(22,7)8)36(27,9)51-37/h10-11,16,22,24,26-27,42H,12-15,17-20H2,1-9H3/t22-,26-,27+,36-/m0/s1. The van der Waals surface area contributed by atoms with Crippen LogP contribution in [0.15, 0.2) is 18.3 Å². The van der Waals surface area contributed by atoms with E-state index < -0.39 is 36.5 Å². The molecule has 5 fully saturated rings. The number of carbonyl (C=O) groups is 3. The Kier molecular flexibility index (Phi) is 9.73. The van der Waals surface area contributed by atoms with Gasteiger partial charge in [-0.15, -0.1) is 5.10 Å². The Labute approximate surface area is 299 Å². The van der Waals surface area contributed by atoms with Crippen molar-refractivity contribution in [2.75, 3.05) is 13.1 Å². The minimum atomic E-state index is -0.975. The van der Waals surface area contributed by atoms with Gasteiger partial charge in [-0.05, 0) is 103 Å². The molecule has 0 spiro atoms. The fourth-order valence-corrected chi connectivity index (χ4v) is 7.87. The predicted molar refractivity (Wildman–Crippen MR) is 184 cm³/mol. The van der Waals surface area contributed by atoms with E-state index in [2.05, 4.69) is 31.1 Å². The first-order valence-corrected chi connectivity index (χ1v) is 17.8. The number of aryl methyl sites for hydroxylation is 1. The first-order valence-electron chi connectivity index (χ1n) is 17.8. The summed E-state index contributed by atoms with van der Waals surface area (Å²) in [4.78, 5) is 41.5. The van der Waals surface area contributed by atoms with Gasteiger partial charge in [0.25, 0.3) is 0 Å². The summed E-state index contributed by atoms with van der Waals surface area (Å²) in [5, 5.41) is 16.9. The fourth-order valence-electron chi connectivity index (χ4n) is 7.87. The summed E-state index contributed by atoms with van der Waals surface area (Å²) >= 11 is 0. The zero-order valence-electron chi connectivity index (χ0n) is 31.2. The number of hydrogen-bond donors (Lipinski definition) is 1. The zero-order chi connectivity index (χ0) is 37.1. The molecule has 1 aromatic carbocycles. The maximum absolute atomic E-state index is 13.9. The van der Waals surface area contributed by atoms with Gasteiger partial charge < -0.3 is 38.3 Å². The monoisotopic (exact) mass is 710 g/mol. The van der Waals surface area contributed by atoms with Crippen molar-refractivity contribution in [2.45, 2.75) is 130 Å². The summed E-state index contributed by atoms with van der Waals surface area (Å²) in [5.41, 5.74) is -0.991. The van der Waals surface area contributed by atoms with Crippen molar-refractivity contribution in [1.29, 1.82) is 0 Å². The molecule has 1 aromatic heterocycles. The summed E-state index contributed by atoms with van der Waals surface area (Å²) in [5.74, 6) is 0.243. The quantitative estimate of drug-likeness (QED) is 0.208. The molecule has 278 valence electrons. The molecule has 1 amide bonds. The Hall–Kier alpha value is -3.69. The van der Waals surface area contributed by atoms with Crippen molar-refractivity contribution in [1.82, 2.24) is 19.9 Å². The number of aliphatic hydroxyl groups excluding tert-OH is 1. The average Bonchev–Trinajstić information content (AvgIpc) is 3.58. The van der Waals surface area contributed by atoms with Gasteiger partial charge in [-0.1, -0.05) is 25.1 Å². The van der Waals surface area contributed by atoms with Gasteiger partial charge in [0.05, 0.1) is 37.6 Å². The van der Waals surface area contributed by atoms with E-state index in [9.17, 15) is 19.5 Å². The van der Waals surface area contributed by atoms with E-state index in [1.165, 1.54) is 10.9 Å². The number of esters is 1. The highest BCUT2D eigenvalue weighted by Crippen LogP contribution is 2.65. The Morgan fingerprint density at radius 3 is 2.37 bits per heavy atom. The largest absolute Gasteiger partial charge is 0.514 e. The molecule has 2 saturated heterocycles. The summed E-state index contributed by atoms with van der Waals surface area (Å²) in [6.45, 7) is 17.4. The first-order chi connectivity index (χ1) is 23.8. The third kappa shape index (κ3) is 7.75. The van der Waals surface area contributed by atoms with Crippen molar-refractivity contribution in [3.05, 3.63) is 35.2 Å². The number of carbonyl (C=O) groups excluding carboxylic acids is 3. The van der Waals surface area contributed by atoms with E-state index >= 15 is 0 Å². The summed E-state index contributed by atoms with van der Waals surface area (Å²) in [6, 6.07) is 3.43. The number of benzene rings is 1. The maximum Gasteiger partial charge on any atom is 0.514 e. The smallest absolute Gasteiger partial charge is 0.486 e. The summed E-state index contributed by atoms with van der Waals surface area (Å²) in [6.07, 6.45) is 3.05. The highest BCUT2D eigenvalue weighted by atomic mass is 16.7. The first kappa shape index (κ1) is 37.1. The minimum absolute atomic E-state index is 0.0147. The lowest BCUT2D eigenvalue weighted by Crippen LogP contribution is -2.65. The molecule has 3 aliphatic carbocycles. The molecule has 1 N–H and O–H groups in total. The minimum Gasteiger partial charge on any atom is -0.486 e. The van der Waals surface area contributed by atoms with Crippen molar-refractivity contribution < 1.29 is 47.7 Å². The Morgan fingerprint density at radius 2 is 1.75 bits per heavy atom. The van der Waals surface area contributed by atoms with E-state index in [-0.39, 0.29) is 66.3 Å². The molecule has 15 heteroatoms. The predicted octanol–water partition coefficient (Wildman–Crippen LogP) is 4.60. The number of rotatable bonds is 10. The van der Waals surface area contributed by atoms with E-state index in [0.29, 0.717) is 35.8 Å². The van der Waals surface area contributed by atoms with Gasteiger partial charge in [0.2, 0.25) is 5.91 Å². The van der Waals surface area contributed by atoms with E-state index in [1.54, 1.807) is 58.6 Å². The van der Waals surface area contributed by atoms with Gasteiger partial charge in [0.15, 0.2) is 5.75 Å². The number of likely N-dealkylation sites (tertiary alicyclic amines) is 1. The average molecular weight is 711 g/mol. The van der Waals surface area contributed by atoms with Gasteiger partial charge in [0, 0.05) is 0 Å². The van der Waals surface area contributed by atoms with Crippen LogP contribution in [0.4, 0.5) is 4.79 Å². The molecule has 0 radical (unpaired) electrons. The second-order valence-electron chi connectivity index (χ2n) is 17.0. The van der Waals surface area contributed by atoms with E-state index in [0.717, 1.165) is 12.8 Å². The van der Waals surface area contributed by atoms with Crippen LogP contribution in [0.2, 0.25) is 6.32 Å². The van der Waals surface area contributed by atoms with Crippen LogP contribution in [0.1, 0.15) is 96.8 Å². The van der Waals surface area contributed by atoms with Gasteiger partial charge in [-0.3, -0.25) is 4.79 Å². The van der Waals surface area contributed by atoms with Crippen LogP contribution in [-0.2, 0) is 43.1 Å². The molecule has 7 rings (SSSR count). The van der Waals surface area contributed by atoms with Crippen molar-refractivity contribution in [3.63, 3.8) is 0 Å². The molecule has 5 aliphatic rings. The SMILES string of the molecule is CC(C)(C)OC(=O)Oc1c(CCB2O[C@@H]3C[C@@H]4C[C@@H](C4(C)C)[C@]3(C)O2)ccc(OC2CN(C(=O)Cn3cc(CO)nn3)C2)c1C(=O)OC(C)(C)C. The van der Waals surface area contributed by atoms with Crippen molar-refractivity contribution in [3.8, 4) is 11.5 Å². The molecule has 3 saturated carbocycles. The summed E-state index contributed by atoms with van der Waals surface area (Å²) in [7, 11) is -0.461. The summed E-state index contributed by atoms with van der Waals surface area (Å²) < 4.78 is 37.9. The molecule has 51 heavy (non-hydrogen) atoms. The van der Waals surface area contributed by atoms with Gasteiger partial charge in [-0.25, -0.2) is 14.3 Å². The number of aliphatic hydroxyl groups is 1. The second kappa shape index (κ2) is 13.4. The molecule has 2 aliphatic heterocycles. The molecular formula is C36H51BN4O10. The lowest BCUT2D eigenvalue weighted by atomic mass is 9.43. The molecule has 4 atom stereocenters. The molecule has 2 aromatic rings. The Balaban J connectivity index is 1.22. The third-order valence-corrected chi connectivity index (χ3v) is 10.6. The van der Waals surface area contributed by atoms with E-state index in [4.69, 9.17) is 28.3 Å². The number of aromatic nitrogens is 3. The van der Waals surface area contributed by atoms with Crippen molar-refractivity contribution in [2.24, 2.45) is 17.3 Å². The molecular weight excluding hydrogens is 659 g/mol. The van der Waals surface area contributed by atoms with Crippen LogP contribution in [-0.4, -0.2) is 92.3 Å². The highest BCUT2D eigenvalue weighted by Gasteiger charge is 2.67. The van der Waals surface area contributed by atoms with Gasteiger partial charge in [-0.2, -0.15) is 0 Å². The molecule has 14 nitrogen and oxygen atoms in total. The lowest BCUT2D eigenvalue weighted by Gasteiger charge is -2.64. The number of amides is 1. The molecule has 3 heterocycles. The van der Waals surface area contributed by atoms with Crippen LogP contribution in [0.5, 0.6) is 11.5 Å². The van der Waals surface area contributed by atoms with Crippen LogP contribution in [0, 0.1) is 17.3 Å². The van der Waals surface area contributed by atoms with E-state index in [1.807, 2.05) is 0 Å². The zero-order valence-corrected chi connectivity index (χ0v) is 31.2. The maximum atomic E-state index is 13.9. The van der Waals surface area contributed by atoms with Crippen molar-refractivity contribution >= 4 is 25.2 Å². The second-order valence-corrected chi connectivity index (χ2v) is 17.0. The molecule has 0 unspecified atom stereocenters. The van der Waals surface area contributed by atoms with Crippen LogP contribution >= 0.6 is 0 Å². The topological polar surface area (TPSA) is 161 Å². The highest BCUT2D eigenvalue weighted by molar-refractivity contribution is 6.45. The lowest BCUT2D eigenvalue weighted by molar-refractivity contribution is -0.199. The third-order valence-electron chi connectivity index (χ3n) is 10.6. The number of ether oxygens (including phenoxy) is 4. The number of hydrogen-bond acceptors (Lipinski definition) is 12. The van der Waals surface area contributed by atoms with Crippen LogP contribution < -0.4 is 9.47 Å². The Bertz CT molecular complexity index is 1660. The van der Waals surface area contributed by atoms with Gasteiger partial charge in [0.1, 0.15) is 40.9 Å². The fraction of sp³-hybridized carbons (Fsp3) is 0.694. The van der Waals surface area contributed by atoms with Crippen LogP contribution in [0.25, 0.3) is 0 Å². The van der Waals surface area contributed by atoms with Crippen LogP contribution in [0.3, 0.4) is 0 Å². The normalized spacial score (nSPS) is 25.4.